The van der Waals surface area contributed by atoms with Crippen LogP contribution in [0, 0.1) is 51.8 Å². The molecule has 1 heterocycles. The second-order valence-corrected chi connectivity index (χ2v) is 19.5. The van der Waals surface area contributed by atoms with Crippen LogP contribution < -0.4 is 5.32 Å². The number of allylic oxidation sites excluding steroid dienone is 1. The van der Waals surface area contributed by atoms with Crippen LogP contribution in [0.4, 0.5) is 4.79 Å². The molecule has 9 nitrogen and oxygen atoms in total. The van der Waals surface area contributed by atoms with Gasteiger partial charge in [0.2, 0.25) is 5.91 Å². The fraction of sp³-hybridized carbons (Fsp3) is 0.867. The third-order valence-corrected chi connectivity index (χ3v) is 15.3. The van der Waals surface area contributed by atoms with Crippen molar-refractivity contribution < 1.29 is 33.8 Å². The molecule has 4 aliphatic carbocycles. The highest BCUT2D eigenvalue weighted by Crippen LogP contribution is 2.67. The summed E-state index contributed by atoms with van der Waals surface area (Å²) in [5.74, 6) is 3.58. The van der Waals surface area contributed by atoms with Crippen LogP contribution in [0.5, 0.6) is 0 Å². The van der Waals surface area contributed by atoms with Gasteiger partial charge < -0.3 is 24.8 Å². The fourth-order valence-electron chi connectivity index (χ4n) is 11.8. The predicted octanol–water partition coefficient (Wildman–Crippen LogP) is 9.72. The van der Waals surface area contributed by atoms with Gasteiger partial charge in [0.1, 0.15) is 6.10 Å². The average Bonchev–Trinajstić information content (AvgIpc) is 3.49. The lowest BCUT2D eigenvalue weighted by Crippen LogP contribution is -2.51. The number of carbonyl (C=O) groups excluding carboxylic acids is 3. The summed E-state index contributed by atoms with van der Waals surface area (Å²) in [5, 5.41) is 11.7. The highest BCUT2D eigenvalue weighted by atomic mass is 16.6. The van der Waals surface area contributed by atoms with Gasteiger partial charge in [0.25, 0.3) is 0 Å². The summed E-state index contributed by atoms with van der Waals surface area (Å²) in [7, 11) is 0. The minimum absolute atomic E-state index is 0.0507. The molecular weight excluding hydrogens is 681 g/mol. The smallest absolute Gasteiger partial charge is 0.407 e. The van der Waals surface area contributed by atoms with Crippen molar-refractivity contribution in [1.29, 1.82) is 0 Å². The molecule has 0 radical (unpaired) electrons. The Morgan fingerprint density at radius 3 is 2.35 bits per heavy atom. The quantitative estimate of drug-likeness (QED) is 0.0862. The maximum atomic E-state index is 12.8. The molecule has 0 bridgehead atoms. The number of carbonyl (C=O) groups is 4. The van der Waals surface area contributed by atoms with Crippen LogP contribution in [0.3, 0.4) is 0 Å². The van der Waals surface area contributed by atoms with Crippen LogP contribution in [-0.4, -0.2) is 66.3 Å². The molecule has 9 heteroatoms. The molecule has 0 aromatic rings. The molecule has 2 amide bonds. The van der Waals surface area contributed by atoms with E-state index in [-0.39, 0.29) is 48.4 Å². The molecule has 54 heavy (non-hydrogen) atoms. The van der Waals surface area contributed by atoms with E-state index in [1.165, 1.54) is 51.4 Å². The minimum Gasteiger partial charge on any atom is -0.481 e. The molecular formula is C45H74N2O7. The molecule has 306 valence electrons. The Labute approximate surface area is 326 Å². The molecule has 8 atom stereocenters. The lowest BCUT2D eigenvalue weighted by Gasteiger charge is -2.58. The van der Waals surface area contributed by atoms with Gasteiger partial charge in [0.05, 0.1) is 19.4 Å². The van der Waals surface area contributed by atoms with Crippen LogP contribution in [0.1, 0.15) is 164 Å². The summed E-state index contributed by atoms with van der Waals surface area (Å²) in [6.45, 7) is 16.6. The van der Waals surface area contributed by atoms with Crippen LogP contribution in [0.15, 0.2) is 11.6 Å². The first-order valence-electron chi connectivity index (χ1n) is 21.9. The van der Waals surface area contributed by atoms with Crippen molar-refractivity contribution in [1.82, 2.24) is 10.2 Å². The van der Waals surface area contributed by atoms with Gasteiger partial charge in [-0.1, -0.05) is 78.9 Å². The van der Waals surface area contributed by atoms with E-state index < -0.39 is 11.9 Å². The van der Waals surface area contributed by atoms with E-state index in [9.17, 15) is 19.2 Å². The number of piperidine rings is 1. The average molecular weight is 755 g/mol. The number of likely N-dealkylation sites (tertiary alicyclic amines) is 1. The van der Waals surface area contributed by atoms with Crippen molar-refractivity contribution >= 4 is 23.9 Å². The van der Waals surface area contributed by atoms with E-state index in [4.69, 9.17) is 14.6 Å². The lowest BCUT2D eigenvalue weighted by atomic mass is 9.47. The van der Waals surface area contributed by atoms with E-state index >= 15 is 0 Å². The number of fused-ring (bicyclic) bond motifs is 5. The molecule has 2 N–H and O–H groups in total. The number of hydrogen-bond acceptors (Lipinski definition) is 6. The lowest BCUT2D eigenvalue weighted by molar-refractivity contribution is -0.151. The summed E-state index contributed by atoms with van der Waals surface area (Å²) >= 11 is 0. The number of carboxylic acid groups (broad SMARTS) is 1. The monoisotopic (exact) mass is 755 g/mol. The van der Waals surface area contributed by atoms with Crippen molar-refractivity contribution in [3.05, 3.63) is 11.6 Å². The number of amides is 2. The molecule has 0 aromatic heterocycles. The van der Waals surface area contributed by atoms with Gasteiger partial charge in [-0.25, -0.2) is 4.79 Å². The van der Waals surface area contributed by atoms with E-state index in [1.54, 1.807) is 5.57 Å². The van der Waals surface area contributed by atoms with Gasteiger partial charge in [0.15, 0.2) is 0 Å². The van der Waals surface area contributed by atoms with Gasteiger partial charge in [-0.3, -0.25) is 14.4 Å². The van der Waals surface area contributed by atoms with E-state index in [2.05, 4.69) is 52.9 Å². The van der Waals surface area contributed by atoms with Crippen molar-refractivity contribution in [2.75, 3.05) is 26.2 Å². The van der Waals surface area contributed by atoms with Crippen molar-refractivity contribution in [3.8, 4) is 0 Å². The fourth-order valence-corrected chi connectivity index (χ4v) is 11.8. The molecule has 4 fully saturated rings. The summed E-state index contributed by atoms with van der Waals surface area (Å²) in [6, 6.07) is 0. The summed E-state index contributed by atoms with van der Waals surface area (Å²) in [5.41, 5.74) is 2.09. The number of nitrogens with one attached hydrogen (secondary N) is 1. The number of nitrogens with zero attached hydrogens (tertiary/aromatic N) is 1. The third kappa shape index (κ3) is 10.4. The maximum Gasteiger partial charge on any atom is 0.407 e. The normalized spacial score (nSPS) is 32.1. The third-order valence-electron chi connectivity index (χ3n) is 15.3. The standard InChI is InChI=1S/C45H74N2O7/c1-31(2)11-10-12-32(3)36-16-17-37-35-15-14-33-29-34(20-22-44(33,5)38(35)21-23-45(36,37)6)54-42(52)46-26-9-7-8-13-39(48)47-27-24-43(4,25-28-47)30-53-41(51)19-18-40(49)50/h14,31-32,34-38H,7-13,15-30H2,1-6H3,(H,46,52)(H,49,50)/t32-,34+,35+,36-,37+,38+,44+,45-/m1/s1. The number of rotatable bonds is 17. The SMILES string of the molecule is CC(C)CCC[C@@H](C)[C@H]1CC[C@H]2[C@@H]3CC=C4C[C@@H](OC(=O)NCCCCCC(=O)N5CCC(C)(COC(=O)CCC(=O)O)CC5)CC[C@]4(C)[C@H]3CC[C@]12C. The minimum atomic E-state index is -1.01. The number of unbranched alkanes of at least 4 members (excludes halogenated alkanes) is 2. The summed E-state index contributed by atoms with van der Waals surface area (Å²) in [6.07, 6.45) is 20.1. The molecule has 0 spiro atoms. The van der Waals surface area contributed by atoms with Crippen molar-refractivity contribution in [3.63, 3.8) is 0 Å². The van der Waals surface area contributed by atoms with Gasteiger partial charge in [-0.15, -0.1) is 0 Å². The Bertz CT molecular complexity index is 1340. The number of ether oxygens (including phenoxy) is 2. The Morgan fingerprint density at radius 1 is 0.870 bits per heavy atom. The van der Waals surface area contributed by atoms with Gasteiger partial charge in [-0.2, -0.15) is 0 Å². The van der Waals surface area contributed by atoms with Crippen LogP contribution in [-0.2, 0) is 23.9 Å². The molecule has 0 aromatic carbocycles. The zero-order valence-electron chi connectivity index (χ0n) is 34.7. The zero-order chi connectivity index (χ0) is 39.1. The largest absolute Gasteiger partial charge is 0.481 e. The second kappa shape index (κ2) is 18.6. The molecule has 0 unspecified atom stereocenters. The van der Waals surface area contributed by atoms with Crippen molar-refractivity contribution in [2.24, 2.45) is 51.8 Å². The zero-order valence-corrected chi connectivity index (χ0v) is 34.7. The topological polar surface area (TPSA) is 122 Å². The number of alkyl carbamates (subject to hydrolysis) is 1. The number of carboxylic acids is 1. The Kier molecular flexibility index (Phi) is 14.6. The Balaban J connectivity index is 0.965. The molecule has 1 saturated heterocycles. The van der Waals surface area contributed by atoms with E-state index in [1.807, 2.05) is 4.90 Å². The van der Waals surface area contributed by atoms with E-state index in [0.717, 1.165) is 86.9 Å². The predicted molar refractivity (Wildman–Crippen MR) is 212 cm³/mol. The highest BCUT2D eigenvalue weighted by Gasteiger charge is 2.59. The molecule has 3 saturated carbocycles. The molecule has 5 rings (SSSR count). The van der Waals surface area contributed by atoms with Crippen LogP contribution in [0.2, 0.25) is 0 Å². The maximum absolute atomic E-state index is 12.8. The first kappa shape index (κ1) is 42.6. The first-order chi connectivity index (χ1) is 25.6. The Morgan fingerprint density at radius 2 is 1.63 bits per heavy atom. The number of aliphatic carboxylic acids is 1. The Hall–Kier alpha value is -2.58. The van der Waals surface area contributed by atoms with Crippen LogP contribution in [0.25, 0.3) is 0 Å². The molecule has 5 aliphatic rings. The number of esters is 1. The highest BCUT2D eigenvalue weighted by molar-refractivity contribution is 5.77. The van der Waals surface area contributed by atoms with E-state index in [0.29, 0.717) is 31.5 Å². The van der Waals surface area contributed by atoms with Gasteiger partial charge >= 0.3 is 18.0 Å². The van der Waals surface area contributed by atoms with Gasteiger partial charge in [0, 0.05) is 37.9 Å². The van der Waals surface area contributed by atoms with Crippen LogP contribution >= 0.6 is 0 Å². The summed E-state index contributed by atoms with van der Waals surface area (Å²) < 4.78 is 11.3. The summed E-state index contributed by atoms with van der Waals surface area (Å²) in [4.78, 5) is 50.0. The first-order valence-corrected chi connectivity index (χ1v) is 21.9. The van der Waals surface area contributed by atoms with Crippen molar-refractivity contribution in [2.45, 2.75) is 170 Å². The number of hydrogen-bond donors (Lipinski definition) is 2. The molecule has 1 aliphatic heterocycles. The second-order valence-electron chi connectivity index (χ2n) is 19.5. The van der Waals surface area contributed by atoms with Gasteiger partial charge in [-0.05, 0) is 117 Å².